The highest BCUT2D eigenvalue weighted by Gasteiger charge is 2.31. The third-order valence-corrected chi connectivity index (χ3v) is 3.51. The summed E-state index contributed by atoms with van der Waals surface area (Å²) in [6, 6.07) is 5.42. The number of carbonyl (C=O) groups is 2. The molecule has 0 unspecified atom stereocenters. The van der Waals surface area contributed by atoms with Crippen molar-refractivity contribution in [1.29, 1.82) is 0 Å². The Morgan fingerprint density at radius 3 is 2.52 bits per heavy atom. The van der Waals surface area contributed by atoms with Crippen molar-refractivity contribution in [3.05, 3.63) is 64.4 Å². The van der Waals surface area contributed by atoms with E-state index < -0.39 is 29.7 Å². The van der Waals surface area contributed by atoms with Gasteiger partial charge in [-0.15, -0.1) is 0 Å². The van der Waals surface area contributed by atoms with Crippen molar-refractivity contribution in [1.82, 2.24) is 10.3 Å². The summed E-state index contributed by atoms with van der Waals surface area (Å²) in [6.45, 7) is 0. The Morgan fingerprint density at radius 1 is 1.24 bits per heavy atom. The lowest BCUT2D eigenvalue weighted by atomic mass is 10.1. The second-order valence-electron chi connectivity index (χ2n) is 5.14. The smallest absolute Gasteiger partial charge is 0.416 e. The standard InChI is InChI=1S/C16H12ClF3N2O3/c17-13-5-4-9(8-21-13)6-12(15(24)25)22-14(23)10-2-1-3-11(7-10)16(18,19)20/h1-5,7-8,12H,6H2,(H,22,23)(H,24,25)/t12-/m1/s1. The van der Waals surface area contributed by atoms with E-state index in [0.717, 1.165) is 12.1 Å². The molecule has 25 heavy (non-hydrogen) atoms. The van der Waals surface area contributed by atoms with Crippen LogP contribution in [-0.2, 0) is 17.4 Å². The van der Waals surface area contributed by atoms with Gasteiger partial charge in [-0.25, -0.2) is 9.78 Å². The van der Waals surface area contributed by atoms with Crippen molar-refractivity contribution in [3.63, 3.8) is 0 Å². The highest BCUT2D eigenvalue weighted by atomic mass is 35.5. The second-order valence-corrected chi connectivity index (χ2v) is 5.52. The van der Waals surface area contributed by atoms with Gasteiger partial charge < -0.3 is 10.4 Å². The Kier molecular flexibility index (Phi) is 5.63. The molecule has 1 atom stereocenters. The highest BCUT2D eigenvalue weighted by Crippen LogP contribution is 2.29. The number of amides is 1. The second kappa shape index (κ2) is 7.52. The first-order chi connectivity index (χ1) is 11.7. The maximum Gasteiger partial charge on any atom is 0.416 e. The average molecular weight is 373 g/mol. The van der Waals surface area contributed by atoms with Gasteiger partial charge in [-0.2, -0.15) is 13.2 Å². The van der Waals surface area contributed by atoms with Crippen molar-refractivity contribution in [2.45, 2.75) is 18.6 Å². The van der Waals surface area contributed by atoms with Gasteiger partial charge in [0.2, 0.25) is 0 Å². The molecule has 0 spiro atoms. The molecule has 0 fully saturated rings. The van der Waals surface area contributed by atoms with Gasteiger partial charge >= 0.3 is 12.1 Å². The maximum atomic E-state index is 12.7. The zero-order chi connectivity index (χ0) is 18.6. The molecule has 9 heteroatoms. The predicted octanol–water partition coefficient (Wildman–Crippen LogP) is 3.18. The number of aliphatic carboxylic acids is 1. The molecule has 0 bridgehead atoms. The molecular formula is C16H12ClF3N2O3. The van der Waals surface area contributed by atoms with Crippen LogP contribution in [0, 0.1) is 0 Å². The molecule has 0 aliphatic carbocycles. The van der Waals surface area contributed by atoms with E-state index in [-0.39, 0.29) is 17.1 Å². The fourth-order valence-electron chi connectivity index (χ4n) is 2.04. The summed E-state index contributed by atoms with van der Waals surface area (Å²) in [5.41, 5.74) is -0.773. The lowest BCUT2D eigenvalue weighted by Crippen LogP contribution is -2.42. The first kappa shape index (κ1) is 18.7. The van der Waals surface area contributed by atoms with E-state index in [4.69, 9.17) is 11.6 Å². The third-order valence-electron chi connectivity index (χ3n) is 3.28. The number of aromatic nitrogens is 1. The highest BCUT2D eigenvalue weighted by molar-refractivity contribution is 6.29. The molecule has 1 amide bonds. The number of carboxylic acids is 1. The minimum atomic E-state index is -4.60. The van der Waals surface area contributed by atoms with Crippen LogP contribution in [-0.4, -0.2) is 28.0 Å². The monoisotopic (exact) mass is 372 g/mol. The summed E-state index contributed by atoms with van der Waals surface area (Å²) in [7, 11) is 0. The summed E-state index contributed by atoms with van der Waals surface area (Å²) < 4.78 is 38.1. The molecule has 0 aliphatic heterocycles. The summed E-state index contributed by atoms with van der Waals surface area (Å²) in [5.74, 6) is -2.24. The number of carbonyl (C=O) groups excluding carboxylic acids is 1. The van der Waals surface area contributed by atoms with E-state index in [0.29, 0.717) is 11.6 Å². The number of nitrogens with zero attached hydrogens (tertiary/aromatic N) is 1. The van der Waals surface area contributed by atoms with Gasteiger partial charge in [-0.1, -0.05) is 23.7 Å². The summed E-state index contributed by atoms with van der Waals surface area (Å²) >= 11 is 5.64. The summed E-state index contributed by atoms with van der Waals surface area (Å²) in [5, 5.41) is 11.7. The number of rotatable bonds is 5. The Balaban J connectivity index is 2.15. The number of halogens is 4. The fourth-order valence-corrected chi connectivity index (χ4v) is 2.15. The largest absolute Gasteiger partial charge is 0.480 e. The SMILES string of the molecule is O=C(N[C@H](Cc1ccc(Cl)nc1)C(=O)O)c1cccc(C(F)(F)F)c1. The lowest BCUT2D eigenvalue weighted by molar-refractivity contribution is -0.139. The van der Waals surface area contributed by atoms with E-state index >= 15 is 0 Å². The van der Waals surface area contributed by atoms with Crippen LogP contribution in [0.2, 0.25) is 5.15 Å². The summed E-state index contributed by atoms with van der Waals surface area (Å²) in [6.07, 6.45) is -3.34. The molecule has 0 radical (unpaired) electrons. The molecule has 0 saturated carbocycles. The Labute approximate surface area is 145 Å². The molecule has 132 valence electrons. The molecule has 2 rings (SSSR count). The van der Waals surface area contributed by atoms with E-state index in [9.17, 15) is 27.9 Å². The van der Waals surface area contributed by atoms with Crippen molar-refractivity contribution >= 4 is 23.5 Å². The molecule has 1 aromatic carbocycles. The third kappa shape index (κ3) is 5.18. The minimum Gasteiger partial charge on any atom is -0.480 e. The van der Waals surface area contributed by atoms with Crippen molar-refractivity contribution in [2.24, 2.45) is 0 Å². The first-order valence-electron chi connectivity index (χ1n) is 6.98. The zero-order valence-electron chi connectivity index (χ0n) is 12.5. The number of pyridine rings is 1. The van der Waals surface area contributed by atoms with Crippen LogP contribution in [0.15, 0.2) is 42.6 Å². The molecule has 2 N–H and O–H groups in total. The van der Waals surface area contributed by atoms with Crippen LogP contribution >= 0.6 is 11.6 Å². The van der Waals surface area contributed by atoms with E-state index in [2.05, 4.69) is 10.3 Å². The van der Waals surface area contributed by atoms with Crippen LogP contribution in [0.25, 0.3) is 0 Å². The molecule has 0 aliphatic rings. The summed E-state index contributed by atoms with van der Waals surface area (Å²) in [4.78, 5) is 27.2. The lowest BCUT2D eigenvalue weighted by Gasteiger charge is -2.15. The average Bonchev–Trinajstić information content (AvgIpc) is 2.55. The molecule has 1 heterocycles. The molecule has 0 saturated heterocycles. The molecular weight excluding hydrogens is 361 g/mol. The van der Waals surface area contributed by atoms with Gasteiger partial charge in [-0.3, -0.25) is 4.79 Å². The maximum absolute atomic E-state index is 12.7. The zero-order valence-corrected chi connectivity index (χ0v) is 13.3. The Morgan fingerprint density at radius 2 is 1.96 bits per heavy atom. The fraction of sp³-hybridized carbons (Fsp3) is 0.188. The normalized spacial score (nSPS) is 12.5. The minimum absolute atomic E-state index is 0.0931. The Hall–Kier alpha value is -2.61. The molecule has 2 aromatic rings. The molecule has 5 nitrogen and oxygen atoms in total. The molecule has 1 aromatic heterocycles. The van der Waals surface area contributed by atoms with Gasteiger partial charge in [0.25, 0.3) is 5.91 Å². The topological polar surface area (TPSA) is 79.3 Å². The van der Waals surface area contributed by atoms with Crippen LogP contribution < -0.4 is 5.32 Å². The number of hydrogen-bond donors (Lipinski definition) is 2. The van der Waals surface area contributed by atoms with Gasteiger partial charge in [0, 0.05) is 18.2 Å². The van der Waals surface area contributed by atoms with Gasteiger partial charge in [0.1, 0.15) is 11.2 Å². The van der Waals surface area contributed by atoms with E-state index in [1.54, 1.807) is 6.07 Å². The van der Waals surface area contributed by atoms with Crippen LogP contribution in [0.1, 0.15) is 21.5 Å². The van der Waals surface area contributed by atoms with Gasteiger partial charge in [-0.05, 0) is 29.8 Å². The number of benzene rings is 1. The van der Waals surface area contributed by atoms with E-state index in [1.807, 2.05) is 0 Å². The van der Waals surface area contributed by atoms with Crippen LogP contribution in [0.3, 0.4) is 0 Å². The van der Waals surface area contributed by atoms with Gasteiger partial charge in [0.05, 0.1) is 5.56 Å². The van der Waals surface area contributed by atoms with Crippen LogP contribution in [0.4, 0.5) is 13.2 Å². The van der Waals surface area contributed by atoms with Crippen molar-refractivity contribution in [2.75, 3.05) is 0 Å². The Bertz CT molecular complexity index is 779. The first-order valence-corrected chi connectivity index (χ1v) is 7.36. The van der Waals surface area contributed by atoms with Crippen molar-refractivity contribution in [3.8, 4) is 0 Å². The van der Waals surface area contributed by atoms with Crippen LogP contribution in [0.5, 0.6) is 0 Å². The van der Waals surface area contributed by atoms with Crippen molar-refractivity contribution < 1.29 is 27.9 Å². The number of alkyl halides is 3. The number of hydrogen-bond acceptors (Lipinski definition) is 3. The number of nitrogens with one attached hydrogen (secondary N) is 1. The van der Waals surface area contributed by atoms with Gasteiger partial charge in [0.15, 0.2) is 0 Å². The van der Waals surface area contributed by atoms with E-state index in [1.165, 1.54) is 18.3 Å². The predicted molar refractivity (Wildman–Crippen MR) is 83.3 cm³/mol. The quantitative estimate of drug-likeness (QED) is 0.790. The number of carboxylic acid groups (broad SMARTS) is 1.